The lowest BCUT2D eigenvalue weighted by Crippen LogP contribution is -2.27. The number of amides is 1. The zero-order chi connectivity index (χ0) is 17.7. The van der Waals surface area contributed by atoms with Gasteiger partial charge in [-0.3, -0.25) is 14.9 Å². The van der Waals surface area contributed by atoms with Gasteiger partial charge >= 0.3 is 0 Å². The fraction of sp³-hybridized carbons (Fsp3) is 0.278. The molecule has 24 heavy (non-hydrogen) atoms. The number of halogens is 1. The van der Waals surface area contributed by atoms with Crippen LogP contribution >= 0.6 is 11.6 Å². The van der Waals surface area contributed by atoms with E-state index in [0.717, 1.165) is 5.56 Å². The maximum atomic E-state index is 12.4. The quantitative estimate of drug-likeness (QED) is 0.575. The van der Waals surface area contributed by atoms with Crippen molar-refractivity contribution in [3.8, 4) is 0 Å². The second-order valence-electron chi connectivity index (χ2n) is 5.80. The molecule has 2 aromatic carbocycles. The standard InChI is InChI=1S/C18H19ClN2O3/c1-13(14-6-4-3-5-7-14)10-18(22)20(2)12-15-11-16(21(23)24)8-9-17(15)19/h3-9,11,13H,10,12H2,1-2H3. The summed E-state index contributed by atoms with van der Waals surface area (Å²) in [4.78, 5) is 24.4. The van der Waals surface area contributed by atoms with Crippen molar-refractivity contribution >= 4 is 23.2 Å². The van der Waals surface area contributed by atoms with Gasteiger partial charge < -0.3 is 4.90 Å². The number of nitro benzene ring substituents is 1. The van der Waals surface area contributed by atoms with Gasteiger partial charge in [-0.25, -0.2) is 0 Å². The highest BCUT2D eigenvalue weighted by Crippen LogP contribution is 2.24. The summed E-state index contributed by atoms with van der Waals surface area (Å²) in [5.41, 5.74) is 1.63. The molecule has 0 fully saturated rings. The molecule has 2 aromatic rings. The number of carbonyl (C=O) groups is 1. The van der Waals surface area contributed by atoms with Gasteiger partial charge in [-0.2, -0.15) is 0 Å². The molecule has 0 bridgehead atoms. The maximum absolute atomic E-state index is 12.4. The topological polar surface area (TPSA) is 63.5 Å². The van der Waals surface area contributed by atoms with Gasteiger partial charge in [0.25, 0.3) is 5.69 Å². The average Bonchev–Trinajstić information content (AvgIpc) is 2.57. The predicted octanol–water partition coefficient (Wildman–Crippen LogP) is 4.40. The minimum atomic E-state index is -0.473. The summed E-state index contributed by atoms with van der Waals surface area (Å²) in [6.07, 6.45) is 0.368. The zero-order valence-corrected chi connectivity index (χ0v) is 14.4. The molecule has 0 saturated carbocycles. The first-order valence-electron chi connectivity index (χ1n) is 7.60. The largest absolute Gasteiger partial charge is 0.341 e. The number of rotatable bonds is 6. The van der Waals surface area contributed by atoms with Crippen LogP contribution in [0.5, 0.6) is 0 Å². The summed E-state index contributed by atoms with van der Waals surface area (Å²) in [6, 6.07) is 14.1. The van der Waals surface area contributed by atoms with Gasteiger partial charge in [-0.15, -0.1) is 0 Å². The Morgan fingerprint density at radius 1 is 1.25 bits per heavy atom. The molecular weight excluding hydrogens is 328 g/mol. The fourth-order valence-electron chi connectivity index (χ4n) is 2.46. The van der Waals surface area contributed by atoms with E-state index in [-0.39, 0.29) is 24.1 Å². The number of carbonyl (C=O) groups excluding carboxylic acids is 1. The average molecular weight is 347 g/mol. The first-order chi connectivity index (χ1) is 11.4. The van der Waals surface area contributed by atoms with E-state index in [1.807, 2.05) is 37.3 Å². The Labute approximate surface area is 146 Å². The minimum Gasteiger partial charge on any atom is -0.341 e. The van der Waals surface area contributed by atoms with E-state index in [9.17, 15) is 14.9 Å². The number of nitrogens with zero attached hydrogens (tertiary/aromatic N) is 2. The summed E-state index contributed by atoms with van der Waals surface area (Å²) in [5.74, 6) is 0.0654. The Bertz CT molecular complexity index is 734. The predicted molar refractivity (Wildman–Crippen MR) is 94.1 cm³/mol. The molecule has 126 valence electrons. The maximum Gasteiger partial charge on any atom is 0.269 e. The normalized spacial score (nSPS) is 11.8. The van der Waals surface area contributed by atoms with Gasteiger partial charge in [-0.05, 0) is 23.1 Å². The van der Waals surface area contributed by atoms with Crippen LogP contribution in [0.1, 0.15) is 30.4 Å². The van der Waals surface area contributed by atoms with Crippen LogP contribution in [0.15, 0.2) is 48.5 Å². The van der Waals surface area contributed by atoms with Crippen LogP contribution < -0.4 is 0 Å². The lowest BCUT2D eigenvalue weighted by molar-refractivity contribution is -0.384. The van der Waals surface area contributed by atoms with Crippen LogP contribution in [0, 0.1) is 10.1 Å². The smallest absolute Gasteiger partial charge is 0.269 e. The van der Waals surface area contributed by atoms with Crippen molar-refractivity contribution in [1.82, 2.24) is 4.90 Å². The van der Waals surface area contributed by atoms with Gasteiger partial charge in [0.2, 0.25) is 5.91 Å². The van der Waals surface area contributed by atoms with Crippen LogP contribution in [0.25, 0.3) is 0 Å². The van der Waals surface area contributed by atoms with Crippen molar-refractivity contribution in [2.75, 3.05) is 7.05 Å². The molecule has 2 rings (SSSR count). The highest BCUT2D eigenvalue weighted by molar-refractivity contribution is 6.31. The van der Waals surface area contributed by atoms with E-state index < -0.39 is 4.92 Å². The van der Waals surface area contributed by atoms with E-state index in [0.29, 0.717) is 17.0 Å². The van der Waals surface area contributed by atoms with Crippen molar-refractivity contribution < 1.29 is 9.72 Å². The molecule has 0 aliphatic rings. The van der Waals surface area contributed by atoms with Gasteiger partial charge in [0.05, 0.1) is 4.92 Å². The van der Waals surface area contributed by atoms with Crippen molar-refractivity contribution in [3.63, 3.8) is 0 Å². The molecule has 0 aliphatic heterocycles. The first-order valence-corrected chi connectivity index (χ1v) is 7.98. The molecule has 0 saturated heterocycles. The molecule has 1 amide bonds. The highest BCUT2D eigenvalue weighted by Gasteiger charge is 2.17. The van der Waals surface area contributed by atoms with Gasteiger partial charge in [0.15, 0.2) is 0 Å². The van der Waals surface area contributed by atoms with Crippen molar-refractivity contribution in [2.24, 2.45) is 0 Å². The third kappa shape index (κ3) is 4.55. The Hall–Kier alpha value is -2.40. The van der Waals surface area contributed by atoms with E-state index in [1.165, 1.54) is 18.2 Å². The van der Waals surface area contributed by atoms with Crippen molar-refractivity contribution in [3.05, 3.63) is 74.8 Å². The number of hydrogen-bond acceptors (Lipinski definition) is 3. The molecule has 0 radical (unpaired) electrons. The van der Waals surface area contributed by atoms with Crippen LogP contribution in [0.2, 0.25) is 5.02 Å². The van der Waals surface area contributed by atoms with Crippen molar-refractivity contribution in [2.45, 2.75) is 25.8 Å². The zero-order valence-electron chi connectivity index (χ0n) is 13.6. The summed E-state index contributed by atoms with van der Waals surface area (Å²) in [6.45, 7) is 2.24. The van der Waals surface area contributed by atoms with Gasteiger partial charge in [0.1, 0.15) is 0 Å². The lowest BCUT2D eigenvalue weighted by Gasteiger charge is -2.20. The van der Waals surface area contributed by atoms with Crippen LogP contribution in [-0.2, 0) is 11.3 Å². The molecule has 0 heterocycles. The molecule has 6 heteroatoms. The van der Waals surface area contributed by atoms with Crippen LogP contribution in [0.3, 0.4) is 0 Å². The fourth-order valence-corrected chi connectivity index (χ4v) is 2.63. The van der Waals surface area contributed by atoms with E-state index in [4.69, 9.17) is 11.6 Å². The summed E-state index contributed by atoms with van der Waals surface area (Å²) in [7, 11) is 1.68. The monoisotopic (exact) mass is 346 g/mol. The molecule has 5 nitrogen and oxygen atoms in total. The Kier molecular flexibility index (Phi) is 5.93. The van der Waals surface area contributed by atoms with Crippen LogP contribution in [0.4, 0.5) is 5.69 Å². The van der Waals surface area contributed by atoms with E-state index in [1.54, 1.807) is 11.9 Å². The van der Waals surface area contributed by atoms with E-state index in [2.05, 4.69) is 0 Å². The number of hydrogen-bond donors (Lipinski definition) is 0. The third-order valence-electron chi connectivity index (χ3n) is 3.92. The summed E-state index contributed by atoms with van der Waals surface area (Å²) in [5, 5.41) is 11.3. The van der Waals surface area contributed by atoms with Gasteiger partial charge in [-0.1, -0.05) is 48.9 Å². The molecule has 1 atom stereocenters. The SMILES string of the molecule is CC(CC(=O)N(C)Cc1cc([N+](=O)[O-])ccc1Cl)c1ccccc1. The molecule has 0 aromatic heterocycles. The molecular formula is C18H19ClN2O3. The second-order valence-corrected chi connectivity index (χ2v) is 6.21. The second kappa shape index (κ2) is 7.93. The van der Waals surface area contributed by atoms with Crippen molar-refractivity contribution in [1.29, 1.82) is 0 Å². The summed E-state index contributed by atoms with van der Waals surface area (Å²) >= 11 is 6.09. The third-order valence-corrected chi connectivity index (χ3v) is 4.29. The lowest BCUT2D eigenvalue weighted by atomic mass is 9.97. The minimum absolute atomic E-state index is 0.0334. The molecule has 1 unspecified atom stereocenters. The summed E-state index contributed by atoms with van der Waals surface area (Å²) < 4.78 is 0. The number of benzene rings is 2. The van der Waals surface area contributed by atoms with Gasteiger partial charge in [0, 0.05) is 37.2 Å². The first kappa shape index (κ1) is 17.9. The number of non-ortho nitro benzene ring substituents is 1. The van der Waals surface area contributed by atoms with Crippen LogP contribution in [-0.4, -0.2) is 22.8 Å². The Balaban J connectivity index is 2.04. The number of nitro groups is 1. The molecule has 0 N–H and O–H groups in total. The molecule has 0 aliphatic carbocycles. The molecule has 0 spiro atoms. The highest BCUT2D eigenvalue weighted by atomic mass is 35.5. The Morgan fingerprint density at radius 2 is 1.92 bits per heavy atom. The van der Waals surface area contributed by atoms with E-state index >= 15 is 0 Å². The Morgan fingerprint density at radius 3 is 2.54 bits per heavy atom.